The molecule has 1 fully saturated rings. The van der Waals surface area contributed by atoms with Crippen molar-refractivity contribution in [3.63, 3.8) is 0 Å². The molecule has 0 aromatic carbocycles. The maximum atomic E-state index is 12.4. The number of nitrogens with one attached hydrogen (secondary N) is 1. The maximum absolute atomic E-state index is 12.4. The molecular weight excluding hydrogens is 350 g/mol. The number of sulfonamides is 1. The molecule has 130 valence electrons. The van der Waals surface area contributed by atoms with Crippen molar-refractivity contribution in [2.45, 2.75) is 31.8 Å². The Hall–Kier alpha value is -1.71. The molecule has 2 aromatic rings. The van der Waals surface area contributed by atoms with E-state index in [0.717, 1.165) is 24.0 Å². The van der Waals surface area contributed by atoms with Gasteiger partial charge in [0, 0.05) is 6.54 Å². The van der Waals surface area contributed by atoms with Gasteiger partial charge in [0.25, 0.3) is 0 Å². The van der Waals surface area contributed by atoms with Crippen molar-refractivity contribution in [3.8, 4) is 10.8 Å². The summed E-state index contributed by atoms with van der Waals surface area (Å²) in [5.41, 5.74) is 0.605. The lowest BCUT2D eigenvalue weighted by atomic mass is 10.0. The lowest BCUT2D eigenvalue weighted by molar-refractivity contribution is -0.125. The minimum absolute atomic E-state index is 0.210. The summed E-state index contributed by atoms with van der Waals surface area (Å²) in [7, 11) is -3.39. The smallest absolute Gasteiger partial charge is 0.238 e. The number of carbonyl (C=O) groups excluding carboxylic acids is 1. The van der Waals surface area contributed by atoms with E-state index in [2.05, 4.69) is 10.3 Å². The Morgan fingerprint density at radius 2 is 2.33 bits per heavy atom. The molecule has 1 amide bonds. The zero-order valence-electron chi connectivity index (χ0n) is 13.3. The highest BCUT2D eigenvalue weighted by Gasteiger charge is 2.34. The number of piperidine rings is 1. The van der Waals surface area contributed by atoms with Crippen molar-refractivity contribution >= 4 is 27.3 Å². The second kappa shape index (κ2) is 7.04. The van der Waals surface area contributed by atoms with Gasteiger partial charge in [-0.2, -0.15) is 4.31 Å². The molecule has 1 N–H and O–H groups in total. The molecule has 3 heterocycles. The second-order valence-electron chi connectivity index (χ2n) is 5.72. The number of rotatable bonds is 5. The van der Waals surface area contributed by atoms with E-state index in [1.54, 1.807) is 0 Å². The highest BCUT2D eigenvalue weighted by molar-refractivity contribution is 7.88. The average Bonchev–Trinajstić information content (AvgIpc) is 3.23. The van der Waals surface area contributed by atoms with E-state index in [-0.39, 0.29) is 12.5 Å². The summed E-state index contributed by atoms with van der Waals surface area (Å²) in [4.78, 5) is 17.6. The van der Waals surface area contributed by atoms with Gasteiger partial charge in [0.1, 0.15) is 12.3 Å². The van der Waals surface area contributed by atoms with Gasteiger partial charge in [0.2, 0.25) is 21.8 Å². The fourth-order valence-corrected chi connectivity index (χ4v) is 4.54. The van der Waals surface area contributed by atoms with Crippen LogP contribution in [0.25, 0.3) is 10.8 Å². The van der Waals surface area contributed by atoms with E-state index in [1.807, 2.05) is 17.5 Å². The molecule has 1 aliphatic rings. The SMILES string of the molecule is CS(=O)(=O)N1CCCCC1C(=O)NCc1coc(-c2cccs2)n1. The normalized spacial score (nSPS) is 19.3. The predicted octanol–water partition coefficient (Wildman–Crippen LogP) is 1.83. The zero-order chi connectivity index (χ0) is 17.2. The van der Waals surface area contributed by atoms with Gasteiger partial charge in [-0.05, 0) is 24.3 Å². The maximum Gasteiger partial charge on any atom is 0.238 e. The van der Waals surface area contributed by atoms with E-state index in [4.69, 9.17) is 4.42 Å². The summed E-state index contributed by atoms with van der Waals surface area (Å²) < 4.78 is 30.3. The van der Waals surface area contributed by atoms with Crippen molar-refractivity contribution < 1.29 is 17.6 Å². The Morgan fingerprint density at radius 3 is 3.04 bits per heavy atom. The molecule has 24 heavy (non-hydrogen) atoms. The largest absolute Gasteiger partial charge is 0.443 e. The van der Waals surface area contributed by atoms with Crippen LogP contribution in [0.15, 0.2) is 28.2 Å². The minimum atomic E-state index is -3.39. The number of aromatic nitrogens is 1. The van der Waals surface area contributed by atoms with Crippen LogP contribution in [0.4, 0.5) is 0 Å². The molecule has 9 heteroatoms. The van der Waals surface area contributed by atoms with Crippen molar-refractivity contribution in [1.29, 1.82) is 0 Å². The van der Waals surface area contributed by atoms with Crippen LogP contribution in [-0.4, -0.2) is 42.5 Å². The molecule has 3 rings (SSSR count). The molecule has 0 radical (unpaired) electrons. The van der Waals surface area contributed by atoms with E-state index in [0.29, 0.717) is 24.6 Å². The summed E-state index contributed by atoms with van der Waals surface area (Å²) in [5, 5.41) is 4.70. The van der Waals surface area contributed by atoms with Crippen LogP contribution in [-0.2, 0) is 21.4 Å². The number of thiophene rings is 1. The Balaban J connectivity index is 1.62. The first-order valence-corrected chi connectivity index (χ1v) is 10.4. The van der Waals surface area contributed by atoms with Crippen LogP contribution in [0.3, 0.4) is 0 Å². The van der Waals surface area contributed by atoms with Crippen LogP contribution in [0.2, 0.25) is 0 Å². The molecule has 1 aliphatic heterocycles. The lowest BCUT2D eigenvalue weighted by Crippen LogP contribution is -2.51. The third-order valence-electron chi connectivity index (χ3n) is 3.91. The Labute approximate surface area is 144 Å². The first-order chi connectivity index (χ1) is 11.4. The summed E-state index contributed by atoms with van der Waals surface area (Å²) in [6.07, 6.45) is 4.81. The van der Waals surface area contributed by atoms with E-state index < -0.39 is 16.1 Å². The average molecular weight is 369 g/mol. The number of carbonyl (C=O) groups is 1. The molecular formula is C15H19N3O4S2. The van der Waals surface area contributed by atoms with Gasteiger partial charge in [-0.1, -0.05) is 12.5 Å². The van der Waals surface area contributed by atoms with E-state index in [9.17, 15) is 13.2 Å². The summed E-state index contributed by atoms with van der Waals surface area (Å²) in [5.74, 6) is 0.227. The molecule has 0 bridgehead atoms. The number of nitrogens with zero attached hydrogens (tertiary/aromatic N) is 2. The first kappa shape index (κ1) is 17.1. The van der Waals surface area contributed by atoms with Crippen LogP contribution in [0.5, 0.6) is 0 Å². The monoisotopic (exact) mass is 369 g/mol. The Bertz CT molecular complexity index is 799. The van der Waals surface area contributed by atoms with Gasteiger partial charge >= 0.3 is 0 Å². The number of oxazole rings is 1. The highest BCUT2D eigenvalue weighted by Crippen LogP contribution is 2.24. The van der Waals surface area contributed by atoms with Crippen molar-refractivity contribution in [1.82, 2.24) is 14.6 Å². The second-order valence-corrected chi connectivity index (χ2v) is 8.61. The lowest BCUT2D eigenvalue weighted by Gasteiger charge is -2.32. The molecule has 0 saturated carbocycles. The summed E-state index contributed by atoms with van der Waals surface area (Å²) >= 11 is 1.52. The van der Waals surface area contributed by atoms with Crippen LogP contribution >= 0.6 is 11.3 Å². The molecule has 7 nitrogen and oxygen atoms in total. The number of amides is 1. The number of hydrogen-bond acceptors (Lipinski definition) is 6. The molecule has 2 aromatic heterocycles. The van der Waals surface area contributed by atoms with Gasteiger partial charge in [0.05, 0.1) is 23.4 Å². The van der Waals surface area contributed by atoms with E-state index in [1.165, 1.54) is 21.9 Å². The van der Waals surface area contributed by atoms with Gasteiger partial charge < -0.3 is 9.73 Å². The molecule has 0 aliphatic carbocycles. The van der Waals surface area contributed by atoms with E-state index >= 15 is 0 Å². The van der Waals surface area contributed by atoms with Gasteiger partial charge in [-0.25, -0.2) is 13.4 Å². The summed E-state index contributed by atoms with van der Waals surface area (Å²) in [6.45, 7) is 0.602. The van der Waals surface area contributed by atoms with Crippen molar-refractivity contribution in [2.75, 3.05) is 12.8 Å². The molecule has 1 unspecified atom stereocenters. The molecule has 1 saturated heterocycles. The van der Waals surface area contributed by atoms with Crippen LogP contribution < -0.4 is 5.32 Å². The summed E-state index contributed by atoms with van der Waals surface area (Å²) in [6, 6.07) is 3.18. The van der Waals surface area contributed by atoms with Crippen LogP contribution in [0, 0.1) is 0 Å². The number of hydrogen-bond donors (Lipinski definition) is 1. The fourth-order valence-electron chi connectivity index (χ4n) is 2.76. The van der Waals surface area contributed by atoms with Gasteiger partial charge in [-0.3, -0.25) is 4.79 Å². The zero-order valence-corrected chi connectivity index (χ0v) is 14.9. The molecule has 0 spiro atoms. The molecule has 1 atom stereocenters. The highest BCUT2D eigenvalue weighted by atomic mass is 32.2. The third kappa shape index (κ3) is 3.85. The third-order valence-corrected chi connectivity index (χ3v) is 6.06. The quantitative estimate of drug-likeness (QED) is 0.868. The Kier molecular flexibility index (Phi) is 5.02. The minimum Gasteiger partial charge on any atom is -0.443 e. The predicted molar refractivity (Wildman–Crippen MR) is 90.9 cm³/mol. The van der Waals surface area contributed by atoms with Gasteiger partial charge in [0.15, 0.2) is 0 Å². The first-order valence-electron chi connectivity index (χ1n) is 7.68. The Morgan fingerprint density at radius 1 is 1.50 bits per heavy atom. The van der Waals surface area contributed by atoms with Gasteiger partial charge in [-0.15, -0.1) is 11.3 Å². The van der Waals surface area contributed by atoms with Crippen molar-refractivity contribution in [3.05, 3.63) is 29.5 Å². The fraction of sp³-hybridized carbons (Fsp3) is 0.467. The topological polar surface area (TPSA) is 92.5 Å². The van der Waals surface area contributed by atoms with Crippen LogP contribution in [0.1, 0.15) is 25.0 Å². The van der Waals surface area contributed by atoms with Crippen molar-refractivity contribution in [2.24, 2.45) is 0 Å². The standard InChI is InChI=1S/C15H19N3O4S2/c1-24(20,21)18-7-3-2-5-12(18)14(19)16-9-11-10-22-15(17-11)13-6-4-8-23-13/h4,6,8,10,12H,2-3,5,7,9H2,1H3,(H,16,19).